The smallest absolute Gasteiger partial charge is 0.129 e. The van der Waals surface area contributed by atoms with Crippen LogP contribution in [-0.4, -0.2) is 18.3 Å². The fraction of sp³-hybridized carbons (Fsp3) is 0.571. The maximum atomic E-state index is 13.7. The molecule has 0 aliphatic rings. The van der Waals surface area contributed by atoms with Crippen LogP contribution in [0.15, 0.2) is 12.1 Å². The molecule has 0 fully saturated rings. The summed E-state index contributed by atoms with van der Waals surface area (Å²) >= 11 is 0. The molecular formula is C14H21FO2. The molecule has 96 valence electrons. The summed E-state index contributed by atoms with van der Waals surface area (Å²) in [6.07, 6.45) is 0.527. The monoisotopic (exact) mass is 240 g/mol. The summed E-state index contributed by atoms with van der Waals surface area (Å²) in [7, 11) is 0. The third kappa shape index (κ3) is 4.10. The normalized spacial score (nSPS) is 12.8. The minimum Gasteiger partial charge on any atom is -0.388 e. The zero-order chi connectivity index (χ0) is 12.8. The fourth-order valence-corrected chi connectivity index (χ4v) is 2.02. The van der Waals surface area contributed by atoms with Crippen molar-refractivity contribution in [3.8, 4) is 0 Å². The van der Waals surface area contributed by atoms with Crippen LogP contribution in [0.25, 0.3) is 0 Å². The van der Waals surface area contributed by atoms with Crippen LogP contribution in [-0.2, 0) is 4.74 Å². The van der Waals surface area contributed by atoms with Crippen LogP contribution in [0.4, 0.5) is 4.39 Å². The highest BCUT2D eigenvalue weighted by Crippen LogP contribution is 2.26. The number of halogens is 1. The van der Waals surface area contributed by atoms with Crippen molar-refractivity contribution in [2.24, 2.45) is 0 Å². The molecule has 1 aromatic carbocycles. The Hall–Kier alpha value is -0.930. The van der Waals surface area contributed by atoms with Crippen LogP contribution in [0.3, 0.4) is 0 Å². The molecule has 1 aromatic rings. The van der Waals surface area contributed by atoms with Crippen LogP contribution in [0.5, 0.6) is 0 Å². The SMILES string of the molecule is CCOCCCC(O)c1c(C)cc(C)cc1F. The maximum Gasteiger partial charge on any atom is 0.129 e. The van der Waals surface area contributed by atoms with Gasteiger partial charge in [-0.25, -0.2) is 4.39 Å². The van der Waals surface area contributed by atoms with E-state index in [9.17, 15) is 9.50 Å². The van der Waals surface area contributed by atoms with Crippen molar-refractivity contribution in [1.82, 2.24) is 0 Å². The first-order valence-corrected chi connectivity index (χ1v) is 6.08. The Morgan fingerprint density at radius 1 is 1.35 bits per heavy atom. The van der Waals surface area contributed by atoms with E-state index in [1.807, 2.05) is 26.8 Å². The minimum absolute atomic E-state index is 0.314. The van der Waals surface area contributed by atoms with Gasteiger partial charge in [0.1, 0.15) is 5.82 Å². The Bertz CT molecular complexity index is 340. The molecule has 0 aliphatic carbocycles. The summed E-state index contributed by atoms with van der Waals surface area (Å²) in [5.74, 6) is -0.314. The van der Waals surface area contributed by atoms with Gasteiger partial charge in [-0.05, 0) is 50.8 Å². The molecule has 3 heteroatoms. The van der Waals surface area contributed by atoms with Crippen LogP contribution < -0.4 is 0 Å². The van der Waals surface area contributed by atoms with Gasteiger partial charge in [-0.15, -0.1) is 0 Å². The van der Waals surface area contributed by atoms with Gasteiger partial charge in [-0.3, -0.25) is 0 Å². The molecule has 1 atom stereocenters. The maximum absolute atomic E-state index is 13.7. The van der Waals surface area contributed by atoms with E-state index >= 15 is 0 Å². The number of hydrogen-bond donors (Lipinski definition) is 1. The molecule has 0 bridgehead atoms. The van der Waals surface area contributed by atoms with Crippen molar-refractivity contribution in [1.29, 1.82) is 0 Å². The summed E-state index contributed by atoms with van der Waals surface area (Å²) in [5, 5.41) is 9.98. The first-order chi connectivity index (χ1) is 8.06. The highest BCUT2D eigenvalue weighted by molar-refractivity contribution is 5.33. The van der Waals surface area contributed by atoms with E-state index in [0.717, 1.165) is 17.5 Å². The van der Waals surface area contributed by atoms with Gasteiger partial charge in [0.05, 0.1) is 6.10 Å². The predicted molar refractivity (Wildman–Crippen MR) is 66.6 cm³/mol. The second kappa shape index (κ2) is 6.72. The predicted octanol–water partition coefficient (Wildman–Crippen LogP) is 3.29. The van der Waals surface area contributed by atoms with E-state index in [4.69, 9.17) is 4.74 Å². The highest BCUT2D eigenvalue weighted by atomic mass is 19.1. The summed E-state index contributed by atoms with van der Waals surface area (Å²) in [5.41, 5.74) is 2.11. The minimum atomic E-state index is -0.740. The van der Waals surface area contributed by atoms with Gasteiger partial charge >= 0.3 is 0 Å². The standard InChI is InChI=1S/C14H21FO2/c1-4-17-7-5-6-13(16)14-11(3)8-10(2)9-12(14)15/h8-9,13,16H,4-7H2,1-3H3. The van der Waals surface area contributed by atoms with E-state index < -0.39 is 6.10 Å². The molecule has 0 spiro atoms. The molecule has 0 heterocycles. The zero-order valence-corrected chi connectivity index (χ0v) is 10.8. The Morgan fingerprint density at radius 2 is 2.06 bits per heavy atom. The summed E-state index contributed by atoms with van der Waals surface area (Å²) in [4.78, 5) is 0. The van der Waals surface area contributed by atoms with Gasteiger partial charge in [0, 0.05) is 18.8 Å². The number of benzene rings is 1. The molecule has 0 aromatic heterocycles. The largest absolute Gasteiger partial charge is 0.388 e. The lowest BCUT2D eigenvalue weighted by molar-refractivity contribution is 0.113. The third-order valence-electron chi connectivity index (χ3n) is 2.78. The van der Waals surface area contributed by atoms with Crippen molar-refractivity contribution in [3.05, 3.63) is 34.6 Å². The summed E-state index contributed by atoms with van der Waals surface area (Å²) in [6, 6.07) is 3.36. The molecule has 0 saturated carbocycles. The molecule has 17 heavy (non-hydrogen) atoms. The Balaban J connectivity index is 2.65. The number of hydrogen-bond acceptors (Lipinski definition) is 2. The van der Waals surface area contributed by atoms with E-state index in [2.05, 4.69) is 0 Å². The molecule has 2 nitrogen and oxygen atoms in total. The first kappa shape index (κ1) is 14.1. The quantitative estimate of drug-likeness (QED) is 0.773. The van der Waals surface area contributed by atoms with Gasteiger partial charge in [0.15, 0.2) is 0 Å². The molecule has 0 radical (unpaired) electrons. The van der Waals surface area contributed by atoms with Crippen molar-refractivity contribution in [2.75, 3.05) is 13.2 Å². The van der Waals surface area contributed by atoms with E-state index in [1.54, 1.807) is 0 Å². The van der Waals surface area contributed by atoms with Crippen LogP contribution in [0.2, 0.25) is 0 Å². The average molecular weight is 240 g/mol. The van der Waals surface area contributed by atoms with Crippen molar-refractivity contribution < 1.29 is 14.2 Å². The van der Waals surface area contributed by atoms with Crippen LogP contribution in [0, 0.1) is 19.7 Å². The first-order valence-electron chi connectivity index (χ1n) is 6.08. The second-order valence-corrected chi connectivity index (χ2v) is 4.33. The number of aliphatic hydroxyl groups is 1. The van der Waals surface area contributed by atoms with E-state index in [0.29, 0.717) is 25.2 Å². The summed E-state index contributed by atoms with van der Waals surface area (Å²) < 4.78 is 18.9. The molecule has 0 saturated heterocycles. The fourth-order valence-electron chi connectivity index (χ4n) is 2.02. The number of rotatable bonds is 6. The van der Waals surface area contributed by atoms with E-state index in [1.165, 1.54) is 6.07 Å². The molecule has 1 unspecified atom stereocenters. The second-order valence-electron chi connectivity index (χ2n) is 4.33. The lowest BCUT2D eigenvalue weighted by atomic mass is 9.97. The van der Waals surface area contributed by atoms with Crippen LogP contribution in [0.1, 0.15) is 42.6 Å². The topological polar surface area (TPSA) is 29.5 Å². The Morgan fingerprint density at radius 3 is 2.65 bits per heavy atom. The number of aliphatic hydroxyl groups excluding tert-OH is 1. The average Bonchev–Trinajstić information content (AvgIpc) is 2.23. The molecule has 0 amide bonds. The number of ether oxygens (including phenoxy) is 1. The highest BCUT2D eigenvalue weighted by Gasteiger charge is 2.15. The lowest BCUT2D eigenvalue weighted by Gasteiger charge is -2.15. The van der Waals surface area contributed by atoms with Gasteiger partial charge in [-0.1, -0.05) is 6.07 Å². The molecule has 1 N–H and O–H groups in total. The van der Waals surface area contributed by atoms with Gasteiger partial charge in [-0.2, -0.15) is 0 Å². The van der Waals surface area contributed by atoms with Gasteiger partial charge in [0.2, 0.25) is 0 Å². The van der Waals surface area contributed by atoms with Crippen molar-refractivity contribution in [2.45, 2.75) is 39.7 Å². The molecule has 1 rings (SSSR count). The Kier molecular flexibility index (Phi) is 5.59. The molecular weight excluding hydrogens is 219 g/mol. The van der Waals surface area contributed by atoms with Crippen molar-refractivity contribution in [3.63, 3.8) is 0 Å². The van der Waals surface area contributed by atoms with Crippen LogP contribution >= 0.6 is 0 Å². The number of aryl methyl sites for hydroxylation is 2. The van der Waals surface area contributed by atoms with Gasteiger partial charge in [0.25, 0.3) is 0 Å². The van der Waals surface area contributed by atoms with Gasteiger partial charge < -0.3 is 9.84 Å². The van der Waals surface area contributed by atoms with E-state index in [-0.39, 0.29) is 5.82 Å². The Labute approximate surface area is 102 Å². The lowest BCUT2D eigenvalue weighted by Crippen LogP contribution is -2.06. The zero-order valence-electron chi connectivity index (χ0n) is 10.8. The van der Waals surface area contributed by atoms with Crippen molar-refractivity contribution >= 4 is 0 Å². The summed E-state index contributed by atoms with van der Waals surface area (Å²) in [6.45, 7) is 6.90. The molecule has 0 aliphatic heterocycles. The third-order valence-corrected chi connectivity index (χ3v) is 2.78.